The number of guanidine groups is 1. The van der Waals surface area contributed by atoms with Gasteiger partial charge in [-0.3, -0.25) is 4.79 Å². The van der Waals surface area contributed by atoms with Crippen molar-refractivity contribution in [2.45, 2.75) is 52.1 Å². The Hall–Kier alpha value is -1.03. The first-order valence-electron chi connectivity index (χ1n) is 9.61. The van der Waals surface area contributed by atoms with E-state index < -0.39 is 0 Å². The number of rotatable bonds is 7. The van der Waals surface area contributed by atoms with Gasteiger partial charge in [-0.25, -0.2) is 4.99 Å². The lowest BCUT2D eigenvalue weighted by Gasteiger charge is -2.29. The van der Waals surface area contributed by atoms with E-state index in [1.165, 1.54) is 0 Å². The molecule has 0 bridgehead atoms. The second kappa shape index (κ2) is 13.2. The Morgan fingerprint density at radius 1 is 1.25 bits per heavy atom. The van der Waals surface area contributed by atoms with Crippen molar-refractivity contribution in [3.8, 4) is 5.75 Å². The third kappa shape index (κ3) is 7.77. The van der Waals surface area contributed by atoms with Crippen LogP contribution in [0.4, 0.5) is 0 Å². The third-order valence-electron chi connectivity index (χ3n) is 4.68. The minimum atomic E-state index is -0.0572. The molecule has 2 rings (SSSR count). The molecular formula is C20H31BrIN3O3. The molecule has 0 radical (unpaired) electrons. The van der Waals surface area contributed by atoms with Gasteiger partial charge in [0.25, 0.3) is 0 Å². The lowest BCUT2D eigenvalue weighted by Crippen LogP contribution is -2.45. The van der Waals surface area contributed by atoms with Crippen LogP contribution in [0.3, 0.4) is 0 Å². The van der Waals surface area contributed by atoms with Crippen molar-refractivity contribution < 1.29 is 14.3 Å². The number of esters is 1. The molecular weight excluding hydrogens is 537 g/mol. The third-order valence-corrected chi connectivity index (χ3v) is 5.18. The summed E-state index contributed by atoms with van der Waals surface area (Å²) in [6.07, 6.45) is 3.59. The highest BCUT2D eigenvalue weighted by molar-refractivity contribution is 14.0. The molecule has 0 amide bonds. The fraction of sp³-hybridized carbons (Fsp3) is 0.600. The van der Waals surface area contributed by atoms with Crippen molar-refractivity contribution in [3.05, 3.63) is 28.2 Å². The van der Waals surface area contributed by atoms with Gasteiger partial charge in [0.05, 0.1) is 26.2 Å². The van der Waals surface area contributed by atoms with Crippen LogP contribution >= 0.6 is 39.9 Å². The molecule has 0 heterocycles. The zero-order chi connectivity index (χ0) is 19.6. The van der Waals surface area contributed by atoms with Crippen molar-refractivity contribution in [2.24, 2.45) is 10.9 Å². The summed E-state index contributed by atoms with van der Waals surface area (Å²) in [5, 5.41) is 6.81. The number of ether oxygens (including phenoxy) is 2. The summed E-state index contributed by atoms with van der Waals surface area (Å²) in [4.78, 5) is 16.6. The van der Waals surface area contributed by atoms with Gasteiger partial charge in [0, 0.05) is 22.6 Å². The van der Waals surface area contributed by atoms with Gasteiger partial charge in [-0.05, 0) is 57.7 Å². The predicted octanol–water partition coefficient (Wildman–Crippen LogP) is 4.25. The van der Waals surface area contributed by atoms with Crippen LogP contribution in [0.5, 0.6) is 5.75 Å². The molecule has 158 valence electrons. The molecule has 0 spiro atoms. The van der Waals surface area contributed by atoms with E-state index >= 15 is 0 Å². The van der Waals surface area contributed by atoms with E-state index in [2.05, 4.69) is 33.5 Å². The molecule has 1 aliphatic rings. The highest BCUT2D eigenvalue weighted by atomic mass is 127. The van der Waals surface area contributed by atoms with Crippen LogP contribution in [0.15, 0.2) is 27.7 Å². The zero-order valence-corrected chi connectivity index (χ0v) is 20.7. The van der Waals surface area contributed by atoms with Crippen LogP contribution in [0, 0.1) is 5.92 Å². The maximum absolute atomic E-state index is 11.9. The SMILES string of the molecule is CCNC(=NCc1cc(Br)ccc1OC)NC1CCC(C(=O)OCC)CC1.I. The van der Waals surface area contributed by atoms with E-state index in [1.807, 2.05) is 25.1 Å². The largest absolute Gasteiger partial charge is 0.496 e. The summed E-state index contributed by atoms with van der Waals surface area (Å²) in [6.45, 7) is 5.67. The normalized spacial score (nSPS) is 19.4. The fourth-order valence-electron chi connectivity index (χ4n) is 3.28. The van der Waals surface area contributed by atoms with Gasteiger partial charge in [-0.1, -0.05) is 15.9 Å². The van der Waals surface area contributed by atoms with E-state index in [0.717, 1.165) is 54.0 Å². The molecule has 1 aromatic carbocycles. The van der Waals surface area contributed by atoms with Gasteiger partial charge in [-0.2, -0.15) is 0 Å². The Kier molecular flexibility index (Phi) is 11.8. The Labute approximate surface area is 193 Å². The standard InChI is InChI=1S/C20H30BrN3O3.HI/c1-4-22-20(23-13-15-12-16(21)8-11-18(15)26-3)24-17-9-6-14(7-10-17)19(25)27-5-2;/h8,11-12,14,17H,4-7,9-10,13H2,1-3H3,(H2,22,23,24);1H. The lowest BCUT2D eigenvalue weighted by molar-refractivity contribution is -0.149. The molecule has 1 aliphatic carbocycles. The molecule has 1 fully saturated rings. The topological polar surface area (TPSA) is 72.0 Å². The van der Waals surface area contributed by atoms with E-state index in [0.29, 0.717) is 19.2 Å². The number of carbonyl (C=O) groups excluding carboxylic acids is 1. The first-order chi connectivity index (χ1) is 13.1. The Morgan fingerprint density at radius 2 is 1.96 bits per heavy atom. The second-order valence-electron chi connectivity index (χ2n) is 6.60. The van der Waals surface area contributed by atoms with Crippen molar-refractivity contribution >= 4 is 51.8 Å². The first-order valence-corrected chi connectivity index (χ1v) is 10.4. The molecule has 1 saturated carbocycles. The highest BCUT2D eigenvalue weighted by Crippen LogP contribution is 2.26. The smallest absolute Gasteiger partial charge is 0.308 e. The molecule has 28 heavy (non-hydrogen) atoms. The highest BCUT2D eigenvalue weighted by Gasteiger charge is 2.27. The fourth-order valence-corrected chi connectivity index (χ4v) is 3.69. The van der Waals surface area contributed by atoms with Crippen LogP contribution in [0.1, 0.15) is 45.1 Å². The van der Waals surface area contributed by atoms with Crippen LogP contribution in [-0.2, 0) is 16.1 Å². The number of carbonyl (C=O) groups is 1. The number of nitrogens with one attached hydrogen (secondary N) is 2. The molecule has 0 aliphatic heterocycles. The van der Waals surface area contributed by atoms with E-state index in [-0.39, 0.29) is 35.9 Å². The van der Waals surface area contributed by atoms with Crippen LogP contribution < -0.4 is 15.4 Å². The molecule has 8 heteroatoms. The monoisotopic (exact) mass is 567 g/mol. The average molecular weight is 568 g/mol. The van der Waals surface area contributed by atoms with Crippen LogP contribution in [0.2, 0.25) is 0 Å². The Balaban J connectivity index is 0.00000392. The number of hydrogen-bond acceptors (Lipinski definition) is 4. The number of aliphatic imine (C=N–C) groups is 1. The van der Waals surface area contributed by atoms with Gasteiger partial charge >= 0.3 is 5.97 Å². The average Bonchev–Trinajstić information content (AvgIpc) is 2.67. The van der Waals surface area contributed by atoms with Gasteiger partial charge in [-0.15, -0.1) is 24.0 Å². The van der Waals surface area contributed by atoms with E-state index in [9.17, 15) is 4.79 Å². The van der Waals surface area contributed by atoms with Crippen molar-refractivity contribution in [2.75, 3.05) is 20.3 Å². The molecule has 0 unspecified atom stereocenters. The minimum Gasteiger partial charge on any atom is -0.496 e. The zero-order valence-electron chi connectivity index (χ0n) is 16.8. The number of hydrogen-bond donors (Lipinski definition) is 2. The van der Waals surface area contributed by atoms with Crippen molar-refractivity contribution in [3.63, 3.8) is 0 Å². The summed E-state index contributed by atoms with van der Waals surface area (Å²) in [5.74, 6) is 1.60. The van der Waals surface area contributed by atoms with Gasteiger partial charge < -0.3 is 20.1 Å². The number of nitrogens with zero attached hydrogens (tertiary/aromatic N) is 1. The van der Waals surface area contributed by atoms with Gasteiger partial charge in [0.2, 0.25) is 0 Å². The van der Waals surface area contributed by atoms with Crippen LogP contribution in [-0.4, -0.2) is 38.2 Å². The molecule has 0 saturated heterocycles. The van der Waals surface area contributed by atoms with Gasteiger partial charge in [0.1, 0.15) is 5.75 Å². The molecule has 1 aromatic rings. The summed E-state index contributed by atoms with van der Waals surface area (Å²) in [5.41, 5.74) is 1.02. The number of benzene rings is 1. The first kappa shape index (κ1) is 25.0. The summed E-state index contributed by atoms with van der Waals surface area (Å²) in [6, 6.07) is 6.23. The quantitative estimate of drug-likeness (QED) is 0.223. The molecule has 6 nitrogen and oxygen atoms in total. The molecule has 0 aromatic heterocycles. The van der Waals surface area contributed by atoms with Gasteiger partial charge in [0.15, 0.2) is 5.96 Å². The van der Waals surface area contributed by atoms with Crippen LogP contribution in [0.25, 0.3) is 0 Å². The second-order valence-corrected chi connectivity index (χ2v) is 7.51. The Bertz CT molecular complexity index is 650. The Morgan fingerprint density at radius 3 is 2.57 bits per heavy atom. The maximum Gasteiger partial charge on any atom is 0.308 e. The summed E-state index contributed by atoms with van der Waals surface area (Å²) in [7, 11) is 1.67. The summed E-state index contributed by atoms with van der Waals surface area (Å²) < 4.78 is 11.6. The molecule has 2 N–H and O–H groups in total. The maximum atomic E-state index is 11.9. The minimum absolute atomic E-state index is 0. The lowest BCUT2D eigenvalue weighted by atomic mass is 9.86. The van der Waals surface area contributed by atoms with Crippen molar-refractivity contribution in [1.82, 2.24) is 10.6 Å². The number of methoxy groups -OCH3 is 1. The van der Waals surface area contributed by atoms with E-state index in [1.54, 1.807) is 7.11 Å². The number of halogens is 2. The van der Waals surface area contributed by atoms with E-state index in [4.69, 9.17) is 14.5 Å². The van der Waals surface area contributed by atoms with Crippen molar-refractivity contribution in [1.29, 1.82) is 0 Å². The summed E-state index contributed by atoms with van der Waals surface area (Å²) >= 11 is 3.50. The predicted molar refractivity (Wildman–Crippen MR) is 126 cm³/mol. The molecule has 0 atom stereocenters.